The van der Waals surface area contributed by atoms with Crippen molar-refractivity contribution in [1.82, 2.24) is 0 Å². The summed E-state index contributed by atoms with van der Waals surface area (Å²) in [5, 5.41) is 0. The average Bonchev–Trinajstić information content (AvgIpc) is 3.17. The fourth-order valence-electron chi connectivity index (χ4n) is 2.98. The standard InChI is InChI=1S/C25H28OS/c1-3-5-6-7-19-26-23-15-13-21(14-16-23)20-9-11-22(12-10-20)25-18-17-24(27-25)8-4-2/h6-7,9-18H,3-5,8,19H2,1-2H3/b7-6+. The van der Waals surface area contributed by atoms with Gasteiger partial charge in [0.15, 0.2) is 0 Å². The smallest absolute Gasteiger partial charge is 0.119 e. The van der Waals surface area contributed by atoms with Crippen molar-refractivity contribution < 1.29 is 4.74 Å². The summed E-state index contributed by atoms with van der Waals surface area (Å²) in [5.74, 6) is 0.915. The zero-order valence-electron chi connectivity index (χ0n) is 16.3. The summed E-state index contributed by atoms with van der Waals surface area (Å²) in [4.78, 5) is 2.82. The lowest BCUT2D eigenvalue weighted by molar-refractivity contribution is 0.362. The molecule has 0 aliphatic carbocycles. The van der Waals surface area contributed by atoms with Gasteiger partial charge in [0.2, 0.25) is 0 Å². The fraction of sp³-hybridized carbons (Fsp3) is 0.280. The van der Waals surface area contributed by atoms with Crippen molar-refractivity contribution in [2.24, 2.45) is 0 Å². The second kappa shape index (κ2) is 10.1. The van der Waals surface area contributed by atoms with Crippen molar-refractivity contribution in [3.63, 3.8) is 0 Å². The van der Waals surface area contributed by atoms with E-state index < -0.39 is 0 Å². The molecular formula is C25H28OS. The molecule has 0 N–H and O–H groups in total. The van der Waals surface area contributed by atoms with E-state index in [0.717, 1.165) is 12.2 Å². The van der Waals surface area contributed by atoms with Gasteiger partial charge in [-0.15, -0.1) is 11.3 Å². The molecule has 0 radical (unpaired) electrons. The summed E-state index contributed by atoms with van der Waals surface area (Å²) in [7, 11) is 0. The Morgan fingerprint density at radius 1 is 0.741 bits per heavy atom. The van der Waals surface area contributed by atoms with E-state index in [2.05, 4.69) is 74.5 Å². The number of ether oxygens (including phenoxy) is 1. The van der Waals surface area contributed by atoms with Gasteiger partial charge in [-0.05, 0) is 53.8 Å². The average molecular weight is 377 g/mol. The van der Waals surface area contributed by atoms with Gasteiger partial charge in [0.05, 0.1) is 0 Å². The zero-order chi connectivity index (χ0) is 18.9. The molecule has 0 saturated heterocycles. The van der Waals surface area contributed by atoms with Gasteiger partial charge in [-0.3, -0.25) is 0 Å². The number of benzene rings is 2. The van der Waals surface area contributed by atoms with Crippen LogP contribution < -0.4 is 4.74 Å². The molecule has 0 atom stereocenters. The molecule has 0 saturated carbocycles. The largest absolute Gasteiger partial charge is 0.490 e. The molecule has 0 amide bonds. The van der Waals surface area contributed by atoms with Crippen LogP contribution in [0.15, 0.2) is 72.8 Å². The van der Waals surface area contributed by atoms with E-state index >= 15 is 0 Å². The molecule has 0 fully saturated rings. The van der Waals surface area contributed by atoms with Crippen molar-refractivity contribution in [3.05, 3.63) is 77.7 Å². The van der Waals surface area contributed by atoms with Crippen LogP contribution in [0.1, 0.15) is 38.0 Å². The van der Waals surface area contributed by atoms with E-state index in [4.69, 9.17) is 4.74 Å². The van der Waals surface area contributed by atoms with E-state index in [0.29, 0.717) is 6.61 Å². The van der Waals surface area contributed by atoms with E-state index in [9.17, 15) is 0 Å². The SMILES string of the molecule is CCC/C=C/COc1ccc(-c2ccc(-c3ccc(CCC)s3)cc2)cc1. The number of rotatable bonds is 9. The van der Waals surface area contributed by atoms with Crippen molar-refractivity contribution >= 4 is 11.3 Å². The highest BCUT2D eigenvalue weighted by molar-refractivity contribution is 7.15. The van der Waals surface area contributed by atoms with E-state index in [-0.39, 0.29) is 0 Å². The first-order chi connectivity index (χ1) is 13.3. The lowest BCUT2D eigenvalue weighted by atomic mass is 10.0. The first-order valence-electron chi connectivity index (χ1n) is 9.87. The number of aryl methyl sites for hydroxylation is 1. The first-order valence-corrected chi connectivity index (χ1v) is 10.7. The monoisotopic (exact) mass is 376 g/mol. The topological polar surface area (TPSA) is 9.23 Å². The Hall–Kier alpha value is -2.32. The van der Waals surface area contributed by atoms with Gasteiger partial charge < -0.3 is 4.74 Å². The van der Waals surface area contributed by atoms with Gasteiger partial charge in [-0.1, -0.05) is 75.2 Å². The number of thiophene rings is 1. The van der Waals surface area contributed by atoms with Gasteiger partial charge in [-0.2, -0.15) is 0 Å². The van der Waals surface area contributed by atoms with Gasteiger partial charge >= 0.3 is 0 Å². The molecule has 0 aliphatic rings. The van der Waals surface area contributed by atoms with E-state index in [1.54, 1.807) is 0 Å². The Bertz CT molecular complexity index is 841. The Morgan fingerprint density at radius 3 is 2.07 bits per heavy atom. The number of unbranched alkanes of at least 4 members (excludes halogenated alkanes) is 1. The van der Waals surface area contributed by atoms with Gasteiger partial charge in [-0.25, -0.2) is 0 Å². The molecule has 3 rings (SSSR count). The van der Waals surface area contributed by atoms with Crippen LogP contribution in [0.25, 0.3) is 21.6 Å². The second-order valence-corrected chi connectivity index (χ2v) is 7.86. The Labute approximate surface area is 167 Å². The molecule has 0 bridgehead atoms. The van der Waals surface area contributed by atoms with Gasteiger partial charge in [0.25, 0.3) is 0 Å². The maximum atomic E-state index is 5.76. The summed E-state index contributed by atoms with van der Waals surface area (Å²) in [6, 6.07) is 21.7. The zero-order valence-corrected chi connectivity index (χ0v) is 17.1. The van der Waals surface area contributed by atoms with Crippen LogP contribution in [0.4, 0.5) is 0 Å². The predicted octanol–water partition coefficient (Wildman–Crippen LogP) is 7.77. The Kier molecular flexibility index (Phi) is 7.29. The minimum atomic E-state index is 0.634. The van der Waals surface area contributed by atoms with Crippen LogP contribution in [0.2, 0.25) is 0 Å². The Balaban J connectivity index is 1.62. The molecule has 0 spiro atoms. The number of hydrogen-bond donors (Lipinski definition) is 0. The summed E-state index contributed by atoms with van der Waals surface area (Å²) >= 11 is 1.90. The molecule has 1 nitrogen and oxygen atoms in total. The number of hydrogen-bond acceptors (Lipinski definition) is 2. The van der Waals surface area contributed by atoms with Crippen LogP contribution >= 0.6 is 11.3 Å². The van der Waals surface area contributed by atoms with Crippen LogP contribution in [-0.4, -0.2) is 6.61 Å². The maximum absolute atomic E-state index is 5.76. The molecule has 2 aromatic carbocycles. The highest BCUT2D eigenvalue weighted by Gasteiger charge is 2.04. The van der Waals surface area contributed by atoms with Crippen LogP contribution in [0, 0.1) is 0 Å². The number of allylic oxidation sites excluding steroid dienone is 1. The minimum absolute atomic E-state index is 0.634. The van der Waals surface area contributed by atoms with Crippen molar-refractivity contribution in [2.75, 3.05) is 6.61 Å². The van der Waals surface area contributed by atoms with Crippen molar-refractivity contribution in [1.29, 1.82) is 0 Å². The highest BCUT2D eigenvalue weighted by Crippen LogP contribution is 2.31. The summed E-state index contributed by atoms with van der Waals surface area (Å²) < 4.78 is 5.76. The quantitative estimate of drug-likeness (QED) is 0.347. The third-order valence-electron chi connectivity index (χ3n) is 4.48. The molecule has 140 valence electrons. The van der Waals surface area contributed by atoms with E-state index in [1.807, 2.05) is 23.5 Å². The molecule has 0 unspecified atom stereocenters. The molecule has 2 heteroatoms. The third-order valence-corrected chi connectivity index (χ3v) is 5.68. The van der Waals surface area contributed by atoms with Gasteiger partial charge in [0, 0.05) is 9.75 Å². The highest BCUT2D eigenvalue weighted by atomic mass is 32.1. The summed E-state index contributed by atoms with van der Waals surface area (Å²) in [6.45, 7) is 5.04. The molecular weight excluding hydrogens is 348 g/mol. The lowest BCUT2D eigenvalue weighted by Gasteiger charge is -2.06. The molecule has 0 aliphatic heterocycles. The lowest BCUT2D eigenvalue weighted by Crippen LogP contribution is -1.92. The van der Waals surface area contributed by atoms with Gasteiger partial charge in [0.1, 0.15) is 12.4 Å². The van der Waals surface area contributed by atoms with E-state index in [1.165, 1.54) is 45.7 Å². The first kappa shape index (κ1) is 19.4. The van der Waals surface area contributed by atoms with Crippen LogP contribution in [-0.2, 0) is 6.42 Å². The third kappa shape index (κ3) is 5.58. The minimum Gasteiger partial charge on any atom is -0.490 e. The molecule has 27 heavy (non-hydrogen) atoms. The van der Waals surface area contributed by atoms with Crippen LogP contribution in [0.3, 0.4) is 0 Å². The van der Waals surface area contributed by atoms with Crippen LogP contribution in [0.5, 0.6) is 5.75 Å². The van der Waals surface area contributed by atoms with Crippen molar-refractivity contribution in [3.8, 4) is 27.3 Å². The molecule has 1 aromatic heterocycles. The predicted molar refractivity (Wildman–Crippen MR) is 119 cm³/mol. The normalized spacial score (nSPS) is 11.2. The Morgan fingerprint density at radius 2 is 1.41 bits per heavy atom. The molecule has 3 aromatic rings. The van der Waals surface area contributed by atoms with Crippen molar-refractivity contribution in [2.45, 2.75) is 39.5 Å². The maximum Gasteiger partial charge on any atom is 0.119 e. The second-order valence-electron chi connectivity index (χ2n) is 6.69. The summed E-state index contributed by atoms with van der Waals surface area (Å²) in [5.41, 5.74) is 3.75. The summed E-state index contributed by atoms with van der Waals surface area (Å²) in [6.07, 6.45) is 8.93. The molecule has 1 heterocycles. The fourth-order valence-corrected chi connectivity index (χ4v) is 4.10.